The van der Waals surface area contributed by atoms with E-state index in [1.807, 2.05) is 6.07 Å². The number of aliphatic hydroxyl groups is 1. The predicted octanol–water partition coefficient (Wildman–Crippen LogP) is 4.12. The van der Waals surface area contributed by atoms with Crippen molar-refractivity contribution in [2.24, 2.45) is 0 Å². The van der Waals surface area contributed by atoms with Crippen LogP contribution in [-0.2, 0) is 11.2 Å². The molecule has 1 N–H and O–H groups in total. The van der Waals surface area contributed by atoms with E-state index in [1.165, 1.54) is 11.1 Å². The normalized spacial score (nSPS) is 25.4. The summed E-state index contributed by atoms with van der Waals surface area (Å²) in [6.45, 7) is 0.191. The highest BCUT2D eigenvalue weighted by molar-refractivity contribution is 5.45. The van der Waals surface area contributed by atoms with Crippen molar-refractivity contribution in [2.75, 3.05) is 6.61 Å². The molecule has 120 valence electrons. The quantitative estimate of drug-likeness (QED) is 0.924. The third kappa shape index (κ3) is 2.68. The fourth-order valence-corrected chi connectivity index (χ4v) is 4.10. The Morgan fingerprint density at radius 1 is 1.09 bits per heavy atom. The van der Waals surface area contributed by atoms with Crippen LogP contribution < -0.4 is 0 Å². The standard InChI is InChI=1S/C20H21FO2/c21-15-8-7-14-10-13-4-1-2-6-17(13)19-12-16(5-3-9-22)23-20(19)18(14)11-15/h1-2,4,6-8,11,16,19-20,22H,3,5,9-10,12H2/t16?,19-,20+/m1/s1. The van der Waals surface area contributed by atoms with Gasteiger partial charge in [-0.2, -0.15) is 0 Å². The van der Waals surface area contributed by atoms with Gasteiger partial charge in [0.15, 0.2) is 0 Å². The second-order valence-corrected chi connectivity index (χ2v) is 6.61. The zero-order chi connectivity index (χ0) is 15.8. The molecule has 2 aliphatic rings. The first-order valence-electron chi connectivity index (χ1n) is 8.38. The number of halogens is 1. The molecule has 1 aliphatic carbocycles. The molecule has 2 aromatic rings. The summed E-state index contributed by atoms with van der Waals surface area (Å²) in [6.07, 6.45) is 3.45. The molecule has 2 aromatic carbocycles. The summed E-state index contributed by atoms with van der Waals surface area (Å²) >= 11 is 0. The van der Waals surface area contributed by atoms with E-state index in [2.05, 4.69) is 24.3 Å². The molecule has 3 atom stereocenters. The molecule has 3 heteroatoms. The van der Waals surface area contributed by atoms with Gasteiger partial charge in [0.2, 0.25) is 0 Å². The first kappa shape index (κ1) is 14.9. The van der Waals surface area contributed by atoms with Crippen molar-refractivity contribution in [3.63, 3.8) is 0 Å². The molecule has 0 amide bonds. The molecule has 4 rings (SSSR count). The van der Waals surface area contributed by atoms with Gasteiger partial charge in [-0.1, -0.05) is 30.3 Å². The molecule has 1 heterocycles. The summed E-state index contributed by atoms with van der Waals surface area (Å²) in [6, 6.07) is 13.6. The Kier molecular flexibility index (Phi) is 3.92. The Morgan fingerprint density at radius 3 is 2.78 bits per heavy atom. The van der Waals surface area contributed by atoms with E-state index in [1.54, 1.807) is 12.1 Å². The second kappa shape index (κ2) is 6.06. The molecular formula is C20H21FO2. The molecule has 0 radical (unpaired) electrons. The minimum Gasteiger partial charge on any atom is -0.396 e. The van der Waals surface area contributed by atoms with Gasteiger partial charge >= 0.3 is 0 Å². The van der Waals surface area contributed by atoms with Crippen LogP contribution in [0, 0.1) is 5.82 Å². The predicted molar refractivity (Wildman–Crippen MR) is 86.9 cm³/mol. The van der Waals surface area contributed by atoms with Crippen molar-refractivity contribution in [1.82, 2.24) is 0 Å². The highest BCUT2D eigenvalue weighted by atomic mass is 19.1. The molecule has 23 heavy (non-hydrogen) atoms. The van der Waals surface area contributed by atoms with Crippen LogP contribution in [0.4, 0.5) is 4.39 Å². The lowest BCUT2D eigenvalue weighted by atomic mass is 9.87. The van der Waals surface area contributed by atoms with E-state index in [-0.39, 0.29) is 30.5 Å². The van der Waals surface area contributed by atoms with Gasteiger partial charge in [0.05, 0.1) is 12.2 Å². The molecule has 1 fully saturated rings. The molecule has 2 nitrogen and oxygen atoms in total. The third-order valence-corrected chi connectivity index (χ3v) is 5.16. The summed E-state index contributed by atoms with van der Waals surface area (Å²) < 4.78 is 20.1. The molecule has 1 unspecified atom stereocenters. The zero-order valence-electron chi connectivity index (χ0n) is 13.0. The topological polar surface area (TPSA) is 29.5 Å². The van der Waals surface area contributed by atoms with Crippen LogP contribution in [0.2, 0.25) is 0 Å². The summed E-state index contributed by atoms with van der Waals surface area (Å²) in [4.78, 5) is 0. The van der Waals surface area contributed by atoms with Crippen LogP contribution >= 0.6 is 0 Å². The van der Waals surface area contributed by atoms with Crippen molar-refractivity contribution < 1.29 is 14.2 Å². The van der Waals surface area contributed by atoms with E-state index >= 15 is 0 Å². The maximum Gasteiger partial charge on any atom is 0.123 e. The summed E-state index contributed by atoms with van der Waals surface area (Å²) in [5, 5.41) is 9.08. The Hall–Kier alpha value is -1.71. The number of fused-ring (bicyclic) bond motifs is 5. The van der Waals surface area contributed by atoms with Gasteiger partial charge < -0.3 is 9.84 Å². The summed E-state index contributed by atoms with van der Waals surface area (Å²) in [7, 11) is 0. The van der Waals surface area contributed by atoms with Crippen LogP contribution in [-0.4, -0.2) is 17.8 Å². The van der Waals surface area contributed by atoms with E-state index < -0.39 is 0 Å². The molecule has 0 saturated carbocycles. The van der Waals surface area contributed by atoms with Gasteiger partial charge in [0.25, 0.3) is 0 Å². The van der Waals surface area contributed by atoms with Crippen LogP contribution in [0.15, 0.2) is 42.5 Å². The maximum absolute atomic E-state index is 13.8. The Morgan fingerprint density at radius 2 is 1.91 bits per heavy atom. The number of benzene rings is 2. The maximum atomic E-state index is 13.8. The SMILES string of the molecule is OCCCC1C[C@@H]2c3ccccc3Cc3ccc(F)cc3[C@@H]2O1. The van der Waals surface area contributed by atoms with Crippen molar-refractivity contribution in [1.29, 1.82) is 0 Å². The van der Waals surface area contributed by atoms with Gasteiger partial charge in [0.1, 0.15) is 5.82 Å². The van der Waals surface area contributed by atoms with Crippen molar-refractivity contribution in [3.8, 4) is 0 Å². The molecule has 0 bridgehead atoms. The Bertz CT molecular complexity index is 713. The molecule has 0 spiro atoms. The van der Waals surface area contributed by atoms with Crippen molar-refractivity contribution in [2.45, 2.75) is 43.8 Å². The lowest BCUT2D eigenvalue weighted by Gasteiger charge is -2.19. The number of aliphatic hydroxyl groups excluding tert-OH is 1. The van der Waals surface area contributed by atoms with E-state index in [0.717, 1.165) is 36.8 Å². The minimum atomic E-state index is -0.198. The van der Waals surface area contributed by atoms with Gasteiger partial charge in [-0.15, -0.1) is 0 Å². The summed E-state index contributed by atoms with van der Waals surface area (Å²) in [5.74, 6) is 0.0776. The Labute approximate surface area is 135 Å². The van der Waals surface area contributed by atoms with Crippen molar-refractivity contribution in [3.05, 3.63) is 70.5 Å². The van der Waals surface area contributed by atoms with Crippen LogP contribution in [0.3, 0.4) is 0 Å². The number of hydrogen-bond acceptors (Lipinski definition) is 2. The van der Waals surface area contributed by atoms with E-state index in [4.69, 9.17) is 9.84 Å². The average Bonchev–Trinajstić information content (AvgIpc) is 2.94. The smallest absolute Gasteiger partial charge is 0.123 e. The molecule has 0 aromatic heterocycles. The first-order chi connectivity index (χ1) is 11.3. The monoisotopic (exact) mass is 312 g/mol. The number of hydrogen-bond donors (Lipinski definition) is 1. The van der Waals surface area contributed by atoms with Gasteiger partial charge in [-0.05, 0) is 60.1 Å². The van der Waals surface area contributed by atoms with E-state index in [9.17, 15) is 4.39 Å². The number of rotatable bonds is 3. The lowest BCUT2D eigenvalue weighted by molar-refractivity contribution is 0.0324. The van der Waals surface area contributed by atoms with E-state index in [0.29, 0.717) is 0 Å². The van der Waals surface area contributed by atoms with Crippen molar-refractivity contribution >= 4 is 0 Å². The van der Waals surface area contributed by atoms with Gasteiger partial charge in [-0.3, -0.25) is 0 Å². The zero-order valence-corrected chi connectivity index (χ0v) is 13.0. The highest BCUT2D eigenvalue weighted by Crippen LogP contribution is 2.49. The van der Waals surface area contributed by atoms with Gasteiger partial charge in [0, 0.05) is 12.5 Å². The minimum absolute atomic E-state index is 0.0759. The molecule has 1 saturated heterocycles. The number of ether oxygens (including phenoxy) is 1. The second-order valence-electron chi connectivity index (χ2n) is 6.61. The molecular weight excluding hydrogens is 291 g/mol. The Balaban J connectivity index is 1.77. The van der Waals surface area contributed by atoms with Crippen LogP contribution in [0.25, 0.3) is 0 Å². The van der Waals surface area contributed by atoms with Crippen LogP contribution in [0.5, 0.6) is 0 Å². The lowest BCUT2D eigenvalue weighted by Crippen LogP contribution is -2.09. The summed E-state index contributed by atoms with van der Waals surface area (Å²) in [5.41, 5.74) is 4.81. The van der Waals surface area contributed by atoms with Gasteiger partial charge in [-0.25, -0.2) is 4.39 Å². The largest absolute Gasteiger partial charge is 0.396 e. The fraction of sp³-hybridized carbons (Fsp3) is 0.400. The first-order valence-corrected chi connectivity index (χ1v) is 8.38. The third-order valence-electron chi connectivity index (χ3n) is 5.16. The average molecular weight is 312 g/mol. The molecule has 1 aliphatic heterocycles. The highest BCUT2D eigenvalue weighted by Gasteiger charge is 2.40. The fourth-order valence-electron chi connectivity index (χ4n) is 4.10. The van der Waals surface area contributed by atoms with Crippen LogP contribution in [0.1, 0.15) is 53.5 Å².